The summed E-state index contributed by atoms with van der Waals surface area (Å²) in [4.78, 5) is 5.04. The van der Waals surface area contributed by atoms with Crippen molar-refractivity contribution < 1.29 is 8.83 Å². The summed E-state index contributed by atoms with van der Waals surface area (Å²) in [6.45, 7) is 18.5. The molecule has 4 heteroatoms. The smallest absolute Gasteiger partial charge is 0.159 e. The van der Waals surface area contributed by atoms with Crippen molar-refractivity contribution in [2.24, 2.45) is 5.92 Å². The second-order valence-electron chi connectivity index (χ2n) is 20.3. The minimum Gasteiger partial charge on any atom is -0.454 e. The average Bonchev–Trinajstić information content (AvgIpc) is 3.93. The third-order valence-electron chi connectivity index (χ3n) is 14.9. The topological polar surface area (TPSA) is 32.8 Å². The van der Waals surface area contributed by atoms with Crippen LogP contribution in [0.25, 0.3) is 65.8 Å². The Hall–Kier alpha value is -7.30. The highest BCUT2D eigenvalue weighted by molar-refractivity contribution is 6.16. The van der Waals surface area contributed by atoms with Crippen LogP contribution in [0.4, 0.5) is 28.4 Å². The molecule has 0 radical (unpaired) electrons. The van der Waals surface area contributed by atoms with Gasteiger partial charge in [0.1, 0.15) is 11.2 Å². The number of hydrogen-bond donors (Lipinski definition) is 0. The van der Waals surface area contributed by atoms with E-state index in [2.05, 4.69) is 229 Å². The van der Waals surface area contributed by atoms with Crippen LogP contribution in [-0.4, -0.2) is 6.04 Å². The first kappa shape index (κ1) is 42.1. The lowest BCUT2D eigenvalue weighted by molar-refractivity contribution is 0.667. The molecule has 336 valence electrons. The van der Waals surface area contributed by atoms with Crippen LogP contribution in [0.3, 0.4) is 0 Å². The molecule has 12 rings (SSSR count). The van der Waals surface area contributed by atoms with Gasteiger partial charge in [-0.25, -0.2) is 0 Å². The van der Waals surface area contributed by atoms with E-state index in [9.17, 15) is 0 Å². The monoisotopic (exact) mass is 886 g/mol. The first-order valence-corrected chi connectivity index (χ1v) is 24.7. The summed E-state index contributed by atoms with van der Waals surface area (Å²) in [6, 6.07) is 55.9. The number of benzene rings is 8. The second-order valence-corrected chi connectivity index (χ2v) is 20.3. The van der Waals surface area contributed by atoms with Gasteiger partial charge in [0.25, 0.3) is 0 Å². The lowest BCUT2D eigenvalue weighted by atomic mass is 9.72. The van der Waals surface area contributed by atoms with Gasteiger partial charge in [-0.1, -0.05) is 165 Å². The van der Waals surface area contributed by atoms with Gasteiger partial charge in [0.05, 0.1) is 23.1 Å². The zero-order chi connectivity index (χ0) is 46.5. The number of hydrogen-bond acceptors (Lipinski definition) is 4. The van der Waals surface area contributed by atoms with Crippen LogP contribution < -0.4 is 9.80 Å². The average molecular weight is 887 g/mol. The van der Waals surface area contributed by atoms with Crippen molar-refractivity contribution in [2.75, 3.05) is 9.80 Å². The molecule has 0 amide bonds. The SMILES string of the molecule is CC(C)C1=CC(N(c2ccc(C(C)C)cc2)c2cccc3c2oc2ccccc23)C2=CCc3c(C(C)C)cc(N(c4ccc(C(C)C)cc4)c4cccc5c4oc4ccccc45)c4ccc1c2c34. The molecule has 0 aliphatic heterocycles. The Kier molecular flexibility index (Phi) is 10.0. The second kappa shape index (κ2) is 16.2. The van der Waals surface area contributed by atoms with Crippen molar-refractivity contribution in [3.8, 4) is 0 Å². The van der Waals surface area contributed by atoms with Crippen molar-refractivity contribution >= 4 is 94.2 Å². The molecule has 0 saturated carbocycles. The third kappa shape index (κ3) is 6.55. The number of furan rings is 2. The molecular formula is C64H58N2O2. The highest BCUT2D eigenvalue weighted by Gasteiger charge is 2.37. The quantitative estimate of drug-likeness (QED) is 0.137. The molecular weight excluding hydrogens is 829 g/mol. The van der Waals surface area contributed by atoms with Crippen LogP contribution in [0, 0.1) is 5.92 Å². The normalized spacial score (nSPS) is 14.7. The summed E-state index contributed by atoms with van der Waals surface area (Å²) >= 11 is 0. The lowest BCUT2D eigenvalue weighted by Gasteiger charge is -2.41. The summed E-state index contributed by atoms with van der Waals surface area (Å²) in [5.74, 6) is 1.40. The van der Waals surface area contributed by atoms with Crippen LogP contribution >= 0.6 is 0 Å². The Balaban J connectivity index is 1.14. The molecule has 2 heterocycles. The third-order valence-corrected chi connectivity index (χ3v) is 14.9. The standard InChI is InChI=1S/C64H58N2O2/c1-37(2)41-23-27-43(28-24-41)65(55-19-13-17-49-45-15-9-11-21-59(45)67-63(49)55)57-35-53(39(5)6)47-32-34-52-58(36-54(40(7)8)48-31-33-51(57)61(47)62(48)52)66(44-29-25-42(26-30-44)38(3)4)56-20-14-18-50-46-16-10-12-22-60(46)68-64(50)56/h9-31,33-40,58H,32H2,1-8H3. The van der Waals surface area contributed by atoms with Crippen molar-refractivity contribution in [3.05, 3.63) is 197 Å². The van der Waals surface area contributed by atoms with E-state index < -0.39 is 0 Å². The van der Waals surface area contributed by atoms with Gasteiger partial charge in [-0.3, -0.25) is 0 Å². The number of anilines is 5. The molecule has 0 bridgehead atoms. The molecule has 1 atom stereocenters. The molecule has 2 aliphatic rings. The molecule has 68 heavy (non-hydrogen) atoms. The zero-order valence-corrected chi connectivity index (χ0v) is 40.4. The summed E-state index contributed by atoms with van der Waals surface area (Å²) in [7, 11) is 0. The Morgan fingerprint density at radius 3 is 1.63 bits per heavy atom. The van der Waals surface area contributed by atoms with Gasteiger partial charge >= 0.3 is 0 Å². The zero-order valence-electron chi connectivity index (χ0n) is 40.4. The van der Waals surface area contributed by atoms with E-state index in [1.54, 1.807) is 0 Å². The molecule has 8 aromatic carbocycles. The largest absolute Gasteiger partial charge is 0.454 e. The lowest BCUT2D eigenvalue weighted by Crippen LogP contribution is -2.34. The van der Waals surface area contributed by atoms with Crippen LogP contribution in [0.1, 0.15) is 107 Å². The van der Waals surface area contributed by atoms with Crippen molar-refractivity contribution in [3.63, 3.8) is 0 Å². The van der Waals surface area contributed by atoms with E-state index in [4.69, 9.17) is 8.83 Å². The maximum absolute atomic E-state index is 6.88. The highest BCUT2D eigenvalue weighted by Crippen LogP contribution is 2.54. The number of allylic oxidation sites excluding steroid dienone is 2. The summed E-state index contributed by atoms with van der Waals surface area (Å²) in [5, 5.41) is 7.10. The molecule has 2 aromatic heterocycles. The van der Waals surface area contributed by atoms with E-state index in [0.29, 0.717) is 11.8 Å². The molecule has 10 aromatic rings. The molecule has 0 saturated heterocycles. The minimum atomic E-state index is -0.113. The van der Waals surface area contributed by atoms with Gasteiger partial charge in [-0.15, -0.1) is 0 Å². The highest BCUT2D eigenvalue weighted by atomic mass is 16.3. The number of fused-ring (bicyclic) bond motifs is 6. The number of rotatable bonds is 10. The molecule has 0 spiro atoms. The molecule has 4 nitrogen and oxygen atoms in total. The Labute approximate surface area is 399 Å². The van der Waals surface area contributed by atoms with E-state index in [1.165, 1.54) is 55.3 Å². The van der Waals surface area contributed by atoms with Gasteiger partial charge in [-0.05, 0) is 135 Å². The van der Waals surface area contributed by atoms with Crippen LogP contribution in [0.5, 0.6) is 0 Å². The fourth-order valence-corrected chi connectivity index (χ4v) is 11.4. The Bertz CT molecular complexity index is 3670. The predicted molar refractivity (Wildman–Crippen MR) is 289 cm³/mol. The summed E-state index contributed by atoms with van der Waals surface area (Å²) in [5.41, 5.74) is 19.9. The van der Waals surface area contributed by atoms with Crippen molar-refractivity contribution in [2.45, 2.75) is 85.6 Å². The number of nitrogens with zero attached hydrogens (tertiary/aromatic N) is 2. The first-order chi connectivity index (χ1) is 33.0. The van der Waals surface area contributed by atoms with Crippen molar-refractivity contribution in [1.82, 2.24) is 0 Å². The van der Waals surface area contributed by atoms with Gasteiger partial charge in [0.15, 0.2) is 11.2 Å². The fraction of sp³-hybridized carbons (Fsp3) is 0.219. The Morgan fingerprint density at radius 2 is 1.04 bits per heavy atom. The van der Waals surface area contributed by atoms with E-state index in [1.807, 2.05) is 0 Å². The molecule has 0 fully saturated rings. The number of para-hydroxylation sites is 4. The van der Waals surface area contributed by atoms with Gasteiger partial charge < -0.3 is 18.6 Å². The molecule has 2 aliphatic carbocycles. The van der Waals surface area contributed by atoms with Gasteiger partial charge in [0.2, 0.25) is 0 Å². The predicted octanol–water partition coefficient (Wildman–Crippen LogP) is 18.7. The van der Waals surface area contributed by atoms with Crippen LogP contribution in [0.2, 0.25) is 0 Å². The van der Waals surface area contributed by atoms with E-state index in [0.717, 1.165) is 78.7 Å². The summed E-state index contributed by atoms with van der Waals surface area (Å²) in [6.07, 6.45) is 5.95. The maximum Gasteiger partial charge on any atom is 0.159 e. The van der Waals surface area contributed by atoms with Gasteiger partial charge in [-0.2, -0.15) is 0 Å². The minimum absolute atomic E-state index is 0.113. The Morgan fingerprint density at radius 1 is 0.485 bits per heavy atom. The maximum atomic E-state index is 6.88. The molecule has 0 N–H and O–H groups in total. The molecule has 1 unspecified atom stereocenters. The first-order valence-electron chi connectivity index (χ1n) is 24.7. The van der Waals surface area contributed by atoms with E-state index in [-0.39, 0.29) is 17.9 Å². The summed E-state index contributed by atoms with van der Waals surface area (Å²) < 4.78 is 13.7. The van der Waals surface area contributed by atoms with Crippen molar-refractivity contribution in [1.29, 1.82) is 0 Å². The van der Waals surface area contributed by atoms with Crippen LogP contribution in [-0.2, 0) is 6.42 Å². The van der Waals surface area contributed by atoms with Crippen LogP contribution in [0.15, 0.2) is 173 Å². The fourth-order valence-electron chi connectivity index (χ4n) is 11.4. The van der Waals surface area contributed by atoms with Gasteiger partial charge in [0, 0.05) is 38.3 Å². The van der Waals surface area contributed by atoms with E-state index >= 15 is 0 Å².